The van der Waals surface area contributed by atoms with E-state index in [-0.39, 0.29) is 12.6 Å². The SMILES string of the molecule is CCC(NC)c1ccccc1OCc1cc(F)cc(F)c1. The molecule has 2 nitrogen and oxygen atoms in total. The maximum Gasteiger partial charge on any atom is 0.126 e. The standard InChI is InChI=1S/C17H19F2NO/c1-3-16(20-2)15-6-4-5-7-17(15)21-11-12-8-13(18)10-14(19)9-12/h4-10,16,20H,3,11H2,1-2H3. The molecule has 21 heavy (non-hydrogen) atoms. The molecule has 4 heteroatoms. The smallest absolute Gasteiger partial charge is 0.126 e. The number of nitrogens with one attached hydrogen (secondary N) is 1. The Kier molecular flexibility index (Phi) is 5.28. The molecule has 0 spiro atoms. The molecule has 0 saturated heterocycles. The van der Waals surface area contributed by atoms with Gasteiger partial charge in [-0.05, 0) is 37.2 Å². The van der Waals surface area contributed by atoms with Crippen molar-refractivity contribution in [2.45, 2.75) is 26.0 Å². The van der Waals surface area contributed by atoms with E-state index >= 15 is 0 Å². The van der Waals surface area contributed by atoms with E-state index in [1.165, 1.54) is 12.1 Å². The number of benzene rings is 2. The van der Waals surface area contributed by atoms with Crippen LogP contribution in [0.4, 0.5) is 8.78 Å². The van der Waals surface area contributed by atoms with Gasteiger partial charge in [0.2, 0.25) is 0 Å². The van der Waals surface area contributed by atoms with Crippen molar-refractivity contribution < 1.29 is 13.5 Å². The molecule has 0 radical (unpaired) electrons. The molecule has 112 valence electrons. The van der Waals surface area contributed by atoms with Gasteiger partial charge in [0.05, 0.1) is 0 Å². The minimum absolute atomic E-state index is 0.131. The Morgan fingerprint density at radius 2 is 1.76 bits per heavy atom. The van der Waals surface area contributed by atoms with Gasteiger partial charge in [0.25, 0.3) is 0 Å². The Hall–Kier alpha value is -1.94. The first kappa shape index (κ1) is 15.4. The summed E-state index contributed by atoms with van der Waals surface area (Å²) in [5.74, 6) is -0.463. The van der Waals surface area contributed by atoms with Crippen molar-refractivity contribution in [2.75, 3.05) is 7.05 Å². The highest BCUT2D eigenvalue weighted by Crippen LogP contribution is 2.27. The molecule has 0 aliphatic heterocycles. The van der Waals surface area contributed by atoms with Crippen LogP contribution in [0, 0.1) is 11.6 Å². The van der Waals surface area contributed by atoms with Gasteiger partial charge in [-0.15, -0.1) is 0 Å². The molecule has 0 bridgehead atoms. The lowest BCUT2D eigenvalue weighted by Crippen LogP contribution is -2.16. The first-order valence-electron chi connectivity index (χ1n) is 6.98. The predicted molar refractivity (Wildman–Crippen MR) is 79.2 cm³/mol. The van der Waals surface area contributed by atoms with Crippen molar-refractivity contribution >= 4 is 0 Å². The van der Waals surface area contributed by atoms with Gasteiger partial charge in [-0.3, -0.25) is 0 Å². The third-order valence-electron chi connectivity index (χ3n) is 3.37. The predicted octanol–water partition coefficient (Wildman–Crippen LogP) is 4.21. The Morgan fingerprint density at radius 1 is 1.10 bits per heavy atom. The van der Waals surface area contributed by atoms with Crippen LogP contribution in [0.5, 0.6) is 5.75 Å². The summed E-state index contributed by atoms with van der Waals surface area (Å²) in [6, 6.07) is 11.3. The zero-order valence-electron chi connectivity index (χ0n) is 12.2. The second kappa shape index (κ2) is 7.18. The second-order valence-electron chi connectivity index (χ2n) is 4.85. The molecular weight excluding hydrogens is 272 g/mol. The van der Waals surface area contributed by atoms with Crippen molar-refractivity contribution in [1.29, 1.82) is 0 Å². The van der Waals surface area contributed by atoms with Crippen LogP contribution >= 0.6 is 0 Å². The Bertz CT molecular complexity index is 577. The van der Waals surface area contributed by atoms with Gasteiger partial charge in [0.15, 0.2) is 0 Å². The summed E-state index contributed by atoms with van der Waals surface area (Å²) in [7, 11) is 1.90. The van der Waals surface area contributed by atoms with Crippen LogP contribution in [0.15, 0.2) is 42.5 Å². The van der Waals surface area contributed by atoms with Gasteiger partial charge >= 0.3 is 0 Å². The van der Waals surface area contributed by atoms with Gasteiger partial charge in [-0.1, -0.05) is 25.1 Å². The normalized spacial score (nSPS) is 12.2. The Labute approximate surface area is 123 Å². The number of ether oxygens (including phenoxy) is 1. The second-order valence-corrected chi connectivity index (χ2v) is 4.85. The van der Waals surface area contributed by atoms with E-state index in [2.05, 4.69) is 12.2 Å². The highest BCUT2D eigenvalue weighted by Gasteiger charge is 2.12. The van der Waals surface area contributed by atoms with Gasteiger partial charge in [0.1, 0.15) is 24.0 Å². The van der Waals surface area contributed by atoms with Crippen molar-refractivity contribution in [2.24, 2.45) is 0 Å². The molecule has 0 aromatic heterocycles. The lowest BCUT2D eigenvalue weighted by Gasteiger charge is -2.18. The Balaban J connectivity index is 2.16. The zero-order chi connectivity index (χ0) is 15.2. The van der Waals surface area contributed by atoms with Crippen LogP contribution in [-0.2, 0) is 6.61 Å². The van der Waals surface area contributed by atoms with Gasteiger partial charge in [-0.25, -0.2) is 8.78 Å². The highest BCUT2D eigenvalue weighted by molar-refractivity contribution is 5.36. The van der Waals surface area contributed by atoms with Crippen molar-refractivity contribution in [3.63, 3.8) is 0 Å². The lowest BCUT2D eigenvalue weighted by molar-refractivity contribution is 0.298. The van der Waals surface area contributed by atoms with E-state index in [0.717, 1.165) is 23.8 Å². The van der Waals surface area contributed by atoms with E-state index in [1.807, 2.05) is 31.3 Å². The molecule has 1 unspecified atom stereocenters. The van der Waals surface area contributed by atoms with Crippen molar-refractivity contribution in [1.82, 2.24) is 5.32 Å². The molecule has 0 amide bonds. The molecule has 2 rings (SSSR count). The third kappa shape index (κ3) is 4.02. The lowest BCUT2D eigenvalue weighted by atomic mass is 10.0. The number of hydrogen-bond acceptors (Lipinski definition) is 2. The first-order chi connectivity index (χ1) is 10.1. The van der Waals surface area contributed by atoms with Crippen molar-refractivity contribution in [3.05, 3.63) is 65.2 Å². The molecule has 0 saturated carbocycles. The summed E-state index contributed by atoms with van der Waals surface area (Å²) in [6.07, 6.45) is 0.922. The molecule has 0 aliphatic carbocycles. The van der Waals surface area contributed by atoms with E-state index in [0.29, 0.717) is 5.56 Å². The molecule has 2 aromatic carbocycles. The summed E-state index contributed by atoms with van der Waals surface area (Å²) < 4.78 is 32.1. The minimum Gasteiger partial charge on any atom is -0.489 e. The summed E-state index contributed by atoms with van der Waals surface area (Å²) in [5.41, 5.74) is 1.51. The molecule has 2 aromatic rings. The van der Waals surface area contributed by atoms with E-state index in [4.69, 9.17) is 4.74 Å². The summed E-state index contributed by atoms with van der Waals surface area (Å²) >= 11 is 0. The fraction of sp³-hybridized carbons (Fsp3) is 0.294. The summed E-state index contributed by atoms with van der Waals surface area (Å²) in [4.78, 5) is 0. The van der Waals surface area contributed by atoms with Crippen LogP contribution in [0.2, 0.25) is 0 Å². The molecule has 0 heterocycles. The first-order valence-corrected chi connectivity index (χ1v) is 6.98. The van der Waals surface area contributed by atoms with E-state index in [9.17, 15) is 8.78 Å². The molecule has 1 atom stereocenters. The summed E-state index contributed by atoms with van der Waals surface area (Å²) in [6.45, 7) is 2.21. The number of para-hydroxylation sites is 1. The minimum atomic E-state index is -0.594. The van der Waals surface area contributed by atoms with Crippen LogP contribution in [0.1, 0.15) is 30.5 Å². The maximum absolute atomic E-state index is 13.2. The third-order valence-corrected chi connectivity index (χ3v) is 3.37. The average Bonchev–Trinajstić information content (AvgIpc) is 2.46. The molecule has 0 aliphatic rings. The molecule has 1 N–H and O–H groups in total. The monoisotopic (exact) mass is 291 g/mol. The van der Waals surface area contributed by atoms with E-state index < -0.39 is 11.6 Å². The number of halogens is 2. The number of hydrogen-bond donors (Lipinski definition) is 1. The quantitative estimate of drug-likeness (QED) is 0.860. The fourth-order valence-corrected chi connectivity index (χ4v) is 2.33. The fourth-order valence-electron chi connectivity index (χ4n) is 2.33. The zero-order valence-corrected chi connectivity index (χ0v) is 12.2. The van der Waals surface area contributed by atoms with Gasteiger partial charge in [0, 0.05) is 17.7 Å². The maximum atomic E-state index is 13.2. The summed E-state index contributed by atoms with van der Waals surface area (Å²) in [5, 5.41) is 3.22. The van der Waals surface area contributed by atoms with Crippen molar-refractivity contribution in [3.8, 4) is 5.75 Å². The topological polar surface area (TPSA) is 21.3 Å². The number of rotatable bonds is 6. The average molecular weight is 291 g/mol. The van der Waals surface area contributed by atoms with Crippen LogP contribution in [-0.4, -0.2) is 7.05 Å². The van der Waals surface area contributed by atoms with Gasteiger partial charge < -0.3 is 10.1 Å². The molecule has 0 fully saturated rings. The Morgan fingerprint density at radius 3 is 2.38 bits per heavy atom. The van der Waals surface area contributed by atoms with Crippen LogP contribution in [0.25, 0.3) is 0 Å². The highest BCUT2D eigenvalue weighted by atomic mass is 19.1. The molecular formula is C17H19F2NO. The largest absolute Gasteiger partial charge is 0.489 e. The van der Waals surface area contributed by atoms with Gasteiger partial charge in [-0.2, -0.15) is 0 Å². The van der Waals surface area contributed by atoms with Crippen LogP contribution in [0.3, 0.4) is 0 Å². The van der Waals surface area contributed by atoms with E-state index in [1.54, 1.807) is 0 Å². The van der Waals surface area contributed by atoms with Crippen LogP contribution < -0.4 is 10.1 Å².